The van der Waals surface area contributed by atoms with Gasteiger partial charge in [0.1, 0.15) is 12.7 Å². The molecule has 0 bridgehead atoms. The molecular weight excluding hydrogens is 432 g/mol. The third-order valence-electron chi connectivity index (χ3n) is 5.90. The second-order valence-corrected chi connectivity index (χ2v) is 9.36. The van der Waals surface area contributed by atoms with E-state index >= 15 is 0 Å². The molecule has 0 amide bonds. The van der Waals surface area contributed by atoms with Gasteiger partial charge in [0.2, 0.25) is 0 Å². The maximum atomic E-state index is 11.4. The highest BCUT2D eigenvalue weighted by molar-refractivity contribution is 5.85. The number of aliphatic carboxylic acids is 1. The molecule has 0 saturated carbocycles. The summed E-state index contributed by atoms with van der Waals surface area (Å²) >= 11 is 0. The molecular formula is C28H48O6. The highest BCUT2D eigenvalue weighted by atomic mass is 16.6. The van der Waals surface area contributed by atoms with E-state index in [2.05, 4.69) is 19.1 Å². The van der Waals surface area contributed by atoms with Crippen LogP contribution >= 0.6 is 0 Å². The zero-order valence-corrected chi connectivity index (χ0v) is 21.6. The molecule has 0 aromatic rings. The molecule has 2 unspecified atom stereocenters. The van der Waals surface area contributed by atoms with Crippen LogP contribution in [0.2, 0.25) is 0 Å². The molecule has 2 heterocycles. The van der Waals surface area contributed by atoms with Crippen molar-refractivity contribution in [2.45, 2.75) is 122 Å². The second-order valence-electron chi connectivity index (χ2n) is 9.36. The van der Waals surface area contributed by atoms with Gasteiger partial charge in [0, 0.05) is 12.0 Å². The van der Waals surface area contributed by atoms with E-state index in [9.17, 15) is 9.59 Å². The minimum absolute atomic E-state index is 0.0665. The highest BCUT2D eigenvalue weighted by Gasteiger charge is 2.24. The van der Waals surface area contributed by atoms with Crippen LogP contribution in [0.25, 0.3) is 0 Å². The van der Waals surface area contributed by atoms with Gasteiger partial charge in [-0.15, -0.1) is 0 Å². The van der Waals surface area contributed by atoms with Crippen LogP contribution in [0, 0.1) is 0 Å². The van der Waals surface area contributed by atoms with Gasteiger partial charge in [0.05, 0.1) is 19.3 Å². The average molecular weight is 481 g/mol. The van der Waals surface area contributed by atoms with Crippen LogP contribution in [0.4, 0.5) is 0 Å². The molecule has 2 atom stereocenters. The Hall–Kier alpha value is -1.66. The van der Waals surface area contributed by atoms with E-state index in [0.717, 1.165) is 32.5 Å². The Morgan fingerprint density at radius 1 is 0.853 bits per heavy atom. The fourth-order valence-corrected chi connectivity index (χ4v) is 3.36. The number of epoxide rings is 2. The molecule has 2 rings (SSSR count). The normalized spacial score (nSPS) is 18.9. The first-order chi connectivity index (χ1) is 16.5. The molecule has 0 radical (unpaired) electrons. The zero-order valence-electron chi connectivity index (χ0n) is 21.6. The number of esters is 1. The molecule has 2 saturated heterocycles. The lowest BCUT2D eigenvalue weighted by Gasteiger charge is -2.02. The van der Waals surface area contributed by atoms with Crippen molar-refractivity contribution in [3.8, 4) is 0 Å². The van der Waals surface area contributed by atoms with E-state index < -0.39 is 5.97 Å². The SMILES string of the molecule is CC(=CCC1CO1)C(=O)O.CCCCCCCC/C=C\CCCCCCCC(=O)OCC1CO1. The molecule has 34 heavy (non-hydrogen) atoms. The topological polar surface area (TPSA) is 88.7 Å². The molecule has 2 aliphatic heterocycles. The number of hydrogen-bond acceptors (Lipinski definition) is 5. The predicted octanol–water partition coefficient (Wildman–Crippen LogP) is 6.77. The summed E-state index contributed by atoms with van der Waals surface area (Å²) < 4.78 is 15.0. The number of rotatable bonds is 20. The fourth-order valence-electron chi connectivity index (χ4n) is 3.36. The molecule has 2 fully saturated rings. The average Bonchev–Trinajstić information content (AvgIpc) is 3.74. The molecule has 6 heteroatoms. The fraction of sp³-hybridized carbons (Fsp3) is 0.786. The van der Waals surface area contributed by atoms with Crippen molar-refractivity contribution in [1.82, 2.24) is 0 Å². The van der Waals surface area contributed by atoms with Crippen LogP contribution in [0.5, 0.6) is 0 Å². The quantitative estimate of drug-likeness (QED) is 0.0680. The van der Waals surface area contributed by atoms with E-state index in [0.29, 0.717) is 18.6 Å². The Bertz CT molecular complexity index is 590. The van der Waals surface area contributed by atoms with Gasteiger partial charge >= 0.3 is 11.9 Å². The minimum Gasteiger partial charge on any atom is -0.478 e. The molecule has 0 aliphatic carbocycles. The van der Waals surface area contributed by atoms with E-state index in [1.54, 1.807) is 13.0 Å². The van der Waals surface area contributed by atoms with Crippen molar-refractivity contribution in [3.05, 3.63) is 23.8 Å². The predicted molar refractivity (Wildman–Crippen MR) is 136 cm³/mol. The number of unbranched alkanes of at least 4 members (excludes halogenated alkanes) is 11. The smallest absolute Gasteiger partial charge is 0.330 e. The summed E-state index contributed by atoms with van der Waals surface area (Å²) in [5.41, 5.74) is 0.399. The number of ether oxygens (including phenoxy) is 3. The Morgan fingerprint density at radius 2 is 1.38 bits per heavy atom. The van der Waals surface area contributed by atoms with Crippen LogP contribution in [0.1, 0.15) is 110 Å². The van der Waals surface area contributed by atoms with Gasteiger partial charge in [-0.3, -0.25) is 4.79 Å². The molecule has 6 nitrogen and oxygen atoms in total. The van der Waals surface area contributed by atoms with Crippen LogP contribution in [-0.2, 0) is 23.8 Å². The first-order valence-electron chi connectivity index (χ1n) is 13.5. The first-order valence-corrected chi connectivity index (χ1v) is 13.5. The van der Waals surface area contributed by atoms with Gasteiger partial charge in [0.25, 0.3) is 0 Å². The number of hydrogen-bond donors (Lipinski definition) is 1. The lowest BCUT2D eigenvalue weighted by Crippen LogP contribution is -2.09. The third kappa shape index (κ3) is 20.9. The molecule has 1 N–H and O–H groups in total. The van der Waals surface area contributed by atoms with Crippen molar-refractivity contribution in [1.29, 1.82) is 0 Å². The minimum atomic E-state index is -0.847. The molecule has 0 aromatic carbocycles. The lowest BCUT2D eigenvalue weighted by atomic mass is 10.1. The third-order valence-corrected chi connectivity index (χ3v) is 5.90. The van der Waals surface area contributed by atoms with E-state index in [4.69, 9.17) is 19.3 Å². The number of carbonyl (C=O) groups excluding carboxylic acids is 1. The van der Waals surface area contributed by atoms with Crippen LogP contribution in [0.15, 0.2) is 23.8 Å². The van der Waals surface area contributed by atoms with Gasteiger partial charge in [-0.1, -0.05) is 76.5 Å². The highest BCUT2D eigenvalue weighted by Crippen LogP contribution is 2.15. The monoisotopic (exact) mass is 480 g/mol. The van der Waals surface area contributed by atoms with Crippen molar-refractivity contribution >= 4 is 11.9 Å². The Balaban J connectivity index is 0.000000479. The number of allylic oxidation sites excluding steroid dienone is 2. The molecule has 196 valence electrons. The second kappa shape index (κ2) is 20.7. The van der Waals surface area contributed by atoms with Crippen LogP contribution in [0.3, 0.4) is 0 Å². The maximum absolute atomic E-state index is 11.4. The van der Waals surface area contributed by atoms with E-state index in [-0.39, 0.29) is 18.2 Å². The lowest BCUT2D eigenvalue weighted by molar-refractivity contribution is -0.144. The molecule has 0 spiro atoms. The summed E-state index contributed by atoms with van der Waals surface area (Å²) in [5, 5.41) is 8.41. The van der Waals surface area contributed by atoms with Crippen LogP contribution < -0.4 is 0 Å². The van der Waals surface area contributed by atoms with Crippen molar-refractivity contribution in [2.75, 3.05) is 19.8 Å². The van der Waals surface area contributed by atoms with E-state index in [1.165, 1.54) is 70.6 Å². The summed E-state index contributed by atoms with van der Waals surface area (Å²) in [6.07, 6.45) is 24.8. The number of carboxylic acid groups (broad SMARTS) is 1. The van der Waals surface area contributed by atoms with E-state index in [1.807, 2.05) is 0 Å². The summed E-state index contributed by atoms with van der Waals surface area (Å²) in [6.45, 7) is 5.83. The summed E-state index contributed by atoms with van der Waals surface area (Å²) in [7, 11) is 0. The van der Waals surface area contributed by atoms with Crippen LogP contribution in [-0.4, -0.2) is 49.1 Å². The van der Waals surface area contributed by atoms with Crippen molar-refractivity contribution in [3.63, 3.8) is 0 Å². The Kier molecular flexibility index (Phi) is 18.5. The Labute approximate surface area is 207 Å². The summed E-state index contributed by atoms with van der Waals surface area (Å²) in [6, 6.07) is 0. The maximum Gasteiger partial charge on any atom is 0.330 e. The molecule has 2 aliphatic rings. The summed E-state index contributed by atoms with van der Waals surface area (Å²) in [5.74, 6) is -0.913. The van der Waals surface area contributed by atoms with Gasteiger partial charge in [-0.2, -0.15) is 0 Å². The summed E-state index contributed by atoms with van der Waals surface area (Å²) in [4.78, 5) is 21.6. The molecule has 0 aromatic heterocycles. The van der Waals surface area contributed by atoms with Crippen molar-refractivity contribution in [2.24, 2.45) is 0 Å². The largest absolute Gasteiger partial charge is 0.478 e. The Morgan fingerprint density at radius 3 is 1.91 bits per heavy atom. The first kappa shape index (κ1) is 30.4. The number of carbonyl (C=O) groups is 2. The van der Waals surface area contributed by atoms with Gasteiger partial charge < -0.3 is 19.3 Å². The van der Waals surface area contributed by atoms with Crippen molar-refractivity contribution < 1.29 is 28.9 Å². The standard InChI is InChI=1S/C21H38O3.C7H10O3/c1-2-3-4-5-6-7-8-9-10-11-12-13-14-15-16-17-21(22)24-19-20-18-23-20;1-5(7(8)9)2-3-6-4-10-6/h9-10,20H,2-8,11-19H2,1H3;2,6H,3-4H2,1H3,(H,8,9)/b10-9-;. The van der Waals surface area contributed by atoms with Gasteiger partial charge in [-0.25, -0.2) is 4.79 Å². The van der Waals surface area contributed by atoms with Gasteiger partial charge in [0.15, 0.2) is 0 Å². The zero-order chi connectivity index (χ0) is 24.9. The van der Waals surface area contributed by atoms with Gasteiger partial charge in [-0.05, 0) is 45.4 Å². The number of carboxylic acids is 1.